The molecule has 0 heterocycles. The van der Waals surface area contributed by atoms with E-state index in [0.29, 0.717) is 0 Å². The molecule has 0 aliphatic rings. The summed E-state index contributed by atoms with van der Waals surface area (Å²) < 4.78 is 0. The van der Waals surface area contributed by atoms with E-state index < -0.39 is 0 Å². The first-order chi connectivity index (χ1) is 8.29. The van der Waals surface area contributed by atoms with E-state index in [9.17, 15) is 0 Å². The highest BCUT2D eigenvalue weighted by Crippen LogP contribution is 2.21. The maximum Gasteiger partial charge on any atom is 0.181 e. The molecule has 0 spiro atoms. The minimum absolute atomic E-state index is 1.24. The molecule has 2 aromatic rings. The average molecular weight is 220 g/mol. The minimum Gasteiger partial charge on any atom is -0.181 e. The number of aryl methyl sites for hydroxylation is 1. The van der Waals surface area contributed by atoms with Crippen molar-refractivity contribution < 1.29 is 0 Å². The van der Waals surface area contributed by atoms with E-state index in [4.69, 9.17) is 10.5 Å². The van der Waals surface area contributed by atoms with Gasteiger partial charge in [0.05, 0.1) is 0 Å². The van der Waals surface area contributed by atoms with E-state index >= 15 is 0 Å². The Morgan fingerprint density at radius 1 is 0.765 bits per heavy atom. The van der Waals surface area contributed by atoms with Gasteiger partial charge in [-0.2, -0.15) is 10.5 Å². The van der Waals surface area contributed by atoms with Crippen LogP contribution in [0.1, 0.15) is 5.56 Å². The Morgan fingerprint density at radius 2 is 1.29 bits per heavy atom. The molecule has 2 rings (SSSR count). The summed E-state index contributed by atoms with van der Waals surface area (Å²) in [6.45, 7) is 2.14. The normalized spacial score (nSPS) is 8.18. The van der Waals surface area contributed by atoms with Gasteiger partial charge < -0.3 is 0 Å². The van der Waals surface area contributed by atoms with E-state index in [1.165, 1.54) is 28.8 Å². The van der Waals surface area contributed by atoms with E-state index in [0.717, 1.165) is 0 Å². The van der Waals surface area contributed by atoms with Crippen molar-refractivity contribution >= 4 is 0 Å². The SMILES string of the molecule is Cc1ccccc1-c1ccccc1.N#CC#N. The Kier molecular flexibility index (Phi) is 5.01. The fourth-order valence-corrected chi connectivity index (χ4v) is 1.51. The fraction of sp³-hybridized carbons (Fsp3) is 0.0667. The lowest BCUT2D eigenvalue weighted by molar-refractivity contribution is 1.46. The van der Waals surface area contributed by atoms with Crippen molar-refractivity contribution in [1.29, 1.82) is 10.5 Å². The zero-order valence-corrected chi connectivity index (χ0v) is 9.59. The second-order valence-electron chi connectivity index (χ2n) is 3.40. The van der Waals surface area contributed by atoms with Gasteiger partial charge in [-0.1, -0.05) is 54.6 Å². The van der Waals surface area contributed by atoms with E-state index in [1.807, 2.05) is 6.07 Å². The van der Waals surface area contributed by atoms with Crippen LogP contribution in [0.15, 0.2) is 54.6 Å². The molecule has 0 unspecified atom stereocenters. The zero-order valence-electron chi connectivity index (χ0n) is 9.59. The largest absolute Gasteiger partial charge is 0.181 e. The van der Waals surface area contributed by atoms with Crippen LogP contribution in [-0.2, 0) is 0 Å². The average Bonchev–Trinajstić information content (AvgIpc) is 2.41. The first-order valence-electron chi connectivity index (χ1n) is 5.19. The summed E-state index contributed by atoms with van der Waals surface area (Å²) in [6.07, 6.45) is 0. The van der Waals surface area contributed by atoms with Gasteiger partial charge in [-0.15, -0.1) is 0 Å². The van der Waals surface area contributed by atoms with Gasteiger partial charge in [0.2, 0.25) is 0 Å². The number of nitriles is 2. The molecule has 82 valence electrons. The highest BCUT2D eigenvalue weighted by Gasteiger charge is 1.97. The molecule has 2 nitrogen and oxygen atoms in total. The third kappa shape index (κ3) is 3.81. The fourth-order valence-electron chi connectivity index (χ4n) is 1.51. The van der Waals surface area contributed by atoms with Crippen LogP contribution in [0.5, 0.6) is 0 Å². The molecule has 0 bridgehead atoms. The molecule has 0 saturated heterocycles. The Bertz CT molecular complexity index is 533. The van der Waals surface area contributed by atoms with Crippen LogP contribution in [0.3, 0.4) is 0 Å². The topological polar surface area (TPSA) is 47.6 Å². The van der Waals surface area contributed by atoms with Gasteiger partial charge in [-0.25, -0.2) is 0 Å². The molecule has 0 saturated carbocycles. The lowest BCUT2D eigenvalue weighted by atomic mass is 10.0. The minimum atomic E-state index is 1.24. The summed E-state index contributed by atoms with van der Waals surface area (Å²) in [5.74, 6) is 0. The number of benzene rings is 2. The summed E-state index contributed by atoms with van der Waals surface area (Å²) in [5, 5.41) is 14.5. The summed E-state index contributed by atoms with van der Waals surface area (Å²) >= 11 is 0. The maximum atomic E-state index is 7.26. The molecule has 17 heavy (non-hydrogen) atoms. The third-order valence-corrected chi connectivity index (χ3v) is 2.28. The monoisotopic (exact) mass is 220 g/mol. The number of hydrogen-bond donors (Lipinski definition) is 0. The summed E-state index contributed by atoms with van der Waals surface area (Å²) in [4.78, 5) is 0. The predicted octanol–water partition coefficient (Wildman–Crippen LogP) is 3.70. The van der Waals surface area contributed by atoms with Gasteiger partial charge in [0.1, 0.15) is 0 Å². The van der Waals surface area contributed by atoms with Gasteiger partial charge >= 0.3 is 0 Å². The van der Waals surface area contributed by atoms with Gasteiger partial charge in [-0.3, -0.25) is 0 Å². The quantitative estimate of drug-likeness (QED) is 0.735. The van der Waals surface area contributed by atoms with Crippen molar-refractivity contribution in [1.82, 2.24) is 0 Å². The first kappa shape index (κ1) is 12.5. The first-order valence-corrected chi connectivity index (χ1v) is 5.19. The second kappa shape index (κ2) is 6.82. The molecule has 0 aliphatic carbocycles. The van der Waals surface area contributed by atoms with Crippen molar-refractivity contribution in [2.45, 2.75) is 6.92 Å². The molecule has 0 aromatic heterocycles. The molecule has 0 radical (unpaired) electrons. The summed E-state index contributed by atoms with van der Waals surface area (Å²) in [6, 6.07) is 21.4. The van der Waals surface area contributed by atoms with Crippen LogP contribution in [0.25, 0.3) is 11.1 Å². The van der Waals surface area contributed by atoms with Gasteiger partial charge in [0.15, 0.2) is 12.1 Å². The van der Waals surface area contributed by atoms with Crippen molar-refractivity contribution in [2.24, 2.45) is 0 Å². The lowest BCUT2D eigenvalue weighted by Gasteiger charge is -2.04. The van der Waals surface area contributed by atoms with Crippen molar-refractivity contribution in [3.63, 3.8) is 0 Å². The molecule has 0 fully saturated rings. The molecule has 0 atom stereocenters. The van der Waals surface area contributed by atoms with E-state index in [-0.39, 0.29) is 0 Å². The van der Waals surface area contributed by atoms with Crippen molar-refractivity contribution in [3.05, 3.63) is 60.2 Å². The highest BCUT2D eigenvalue weighted by atomic mass is 14.3. The van der Waals surface area contributed by atoms with Crippen molar-refractivity contribution in [3.8, 4) is 23.3 Å². The number of rotatable bonds is 1. The molecule has 2 aromatic carbocycles. The van der Waals surface area contributed by atoms with E-state index in [1.54, 1.807) is 0 Å². The maximum absolute atomic E-state index is 7.26. The molecular weight excluding hydrogens is 208 g/mol. The van der Waals surface area contributed by atoms with Crippen LogP contribution in [-0.4, -0.2) is 0 Å². The van der Waals surface area contributed by atoms with Crippen molar-refractivity contribution in [2.75, 3.05) is 0 Å². The number of nitrogens with zero attached hydrogens (tertiary/aromatic N) is 2. The van der Waals surface area contributed by atoms with Gasteiger partial charge in [-0.05, 0) is 23.6 Å². The molecule has 0 amide bonds. The number of hydrogen-bond acceptors (Lipinski definition) is 2. The Morgan fingerprint density at radius 3 is 1.82 bits per heavy atom. The highest BCUT2D eigenvalue weighted by molar-refractivity contribution is 5.66. The molecule has 0 aliphatic heterocycles. The molecule has 0 N–H and O–H groups in total. The Hall–Kier alpha value is -2.58. The van der Waals surface area contributed by atoms with Crippen LogP contribution in [0.2, 0.25) is 0 Å². The smallest absolute Gasteiger partial charge is 0.181 e. The van der Waals surface area contributed by atoms with Crippen LogP contribution in [0.4, 0.5) is 0 Å². The molecule has 2 heteroatoms. The Labute approximate surface area is 101 Å². The third-order valence-electron chi connectivity index (χ3n) is 2.28. The van der Waals surface area contributed by atoms with E-state index in [2.05, 4.69) is 55.5 Å². The zero-order chi connectivity index (χ0) is 12.5. The van der Waals surface area contributed by atoms with Gasteiger partial charge in [0.25, 0.3) is 0 Å². The van der Waals surface area contributed by atoms with Crippen LogP contribution < -0.4 is 0 Å². The lowest BCUT2D eigenvalue weighted by Crippen LogP contribution is -1.80. The summed E-state index contributed by atoms with van der Waals surface area (Å²) in [7, 11) is 0. The van der Waals surface area contributed by atoms with Gasteiger partial charge in [0, 0.05) is 0 Å². The van der Waals surface area contributed by atoms with Crippen LogP contribution >= 0.6 is 0 Å². The summed E-state index contributed by atoms with van der Waals surface area (Å²) in [5.41, 5.74) is 3.94. The second-order valence-corrected chi connectivity index (χ2v) is 3.40. The Balaban J connectivity index is 0.000000317. The standard InChI is InChI=1S/C13H12.C2N2/c1-11-7-5-6-10-13(11)12-8-3-2-4-9-12;3-1-2-4/h2-10H,1H3;. The van der Waals surface area contributed by atoms with Crippen LogP contribution in [0, 0.1) is 29.6 Å². The molecular formula is C15H12N2. The predicted molar refractivity (Wildman–Crippen MR) is 67.8 cm³/mol.